The molecule has 9 nitrogen and oxygen atoms in total. The lowest BCUT2D eigenvalue weighted by atomic mass is 10.1. The minimum atomic E-state index is -0.478. The highest BCUT2D eigenvalue weighted by Crippen LogP contribution is 2.22. The number of amides is 4. The summed E-state index contributed by atoms with van der Waals surface area (Å²) in [7, 11) is 0. The van der Waals surface area contributed by atoms with Crippen molar-refractivity contribution in [1.29, 1.82) is 0 Å². The smallest absolute Gasteiger partial charge is 0.308 e. The van der Waals surface area contributed by atoms with Crippen molar-refractivity contribution in [2.45, 2.75) is 19.8 Å². The SMILES string of the molecule is CC(=O)Oc1cccc(C(=O)NCCNC(=O)CCCN2C(=O)c3ccccc3C2=O)c1. The second kappa shape index (κ2) is 10.3. The highest BCUT2D eigenvalue weighted by atomic mass is 16.5. The Kier molecular flexibility index (Phi) is 7.33. The molecule has 0 saturated carbocycles. The average molecular weight is 437 g/mol. The van der Waals surface area contributed by atoms with Crippen LogP contribution in [-0.2, 0) is 9.59 Å². The molecule has 0 fully saturated rings. The maximum absolute atomic E-state index is 12.3. The van der Waals surface area contributed by atoms with Gasteiger partial charge in [0.15, 0.2) is 0 Å². The number of fused-ring (bicyclic) bond motifs is 1. The van der Waals surface area contributed by atoms with Crippen LogP contribution in [0.1, 0.15) is 50.8 Å². The molecule has 3 rings (SSSR count). The minimum absolute atomic E-state index is 0.145. The first kappa shape index (κ1) is 22.7. The Balaban J connectivity index is 1.35. The number of carbonyl (C=O) groups excluding carboxylic acids is 5. The van der Waals surface area contributed by atoms with Crippen LogP contribution in [0.2, 0.25) is 0 Å². The van der Waals surface area contributed by atoms with Gasteiger partial charge in [-0.2, -0.15) is 0 Å². The van der Waals surface area contributed by atoms with Crippen LogP contribution in [0.4, 0.5) is 0 Å². The lowest BCUT2D eigenvalue weighted by Gasteiger charge is -2.13. The molecular formula is C23H23N3O6. The number of ether oxygens (including phenoxy) is 1. The Labute approximate surface area is 184 Å². The molecule has 2 aromatic carbocycles. The maximum Gasteiger partial charge on any atom is 0.308 e. The first-order valence-electron chi connectivity index (χ1n) is 10.2. The Morgan fingerprint density at radius 3 is 2.22 bits per heavy atom. The van der Waals surface area contributed by atoms with Crippen molar-refractivity contribution in [3.8, 4) is 5.75 Å². The van der Waals surface area contributed by atoms with E-state index in [4.69, 9.17) is 4.74 Å². The molecule has 9 heteroatoms. The van der Waals surface area contributed by atoms with Gasteiger partial charge in [0.25, 0.3) is 17.7 Å². The molecule has 0 radical (unpaired) electrons. The molecule has 32 heavy (non-hydrogen) atoms. The van der Waals surface area contributed by atoms with E-state index in [2.05, 4.69) is 10.6 Å². The molecular weight excluding hydrogens is 414 g/mol. The van der Waals surface area contributed by atoms with Crippen LogP contribution in [0, 0.1) is 0 Å². The van der Waals surface area contributed by atoms with Gasteiger partial charge in [0.05, 0.1) is 11.1 Å². The molecule has 4 amide bonds. The summed E-state index contributed by atoms with van der Waals surface area (Å²) < 4.78 is 4.95. The van der Waals surface area contributed by atoms with Crippen molar-refractivity contribution in [1.82, 2.24) is 15.5 Å². The number of benzene rings is 2. The fourth-order valence-corrected chi connectivity index (χ4v) is 3.28. The molecule has 1 aliphatic heterocycles. The summed E-state index contributed by atoms with van der Waals surface area (Å²) in [6.07, 6.45) is 0.485. The number of imide groups is 1. The van der Waals surface area contributed by atoms with E-state index in [-0.39, 0.29) is 55.4 Å². The standard InChI is InChI=1S/C23H23N3O6/c1-15(27)32-17-7-4-6-16(14-17)21(29)25-12-11-24-20(28)10-5-13-26-22(30)18-8-2-3-9-19(18)23(26)31/h2-4,6-9,14H,5,10-13H2,1H3,(H,24,28)(H,25,29). The molecule has 0 unspecified atom stereocenters. The summed E-state index contributed by atoms with van der Waals surface area (Å²) in [5.41, 5.74) is 1.10. The van der Waals surface area contributed by atoms with Crippen LogP contribution in [0.3, 0.4) is 0 Å². The van der Waals surface area contributed by atoms with Crippen molar-refractivity contribution in [3.05, 3.63) is 65.2 Å². The molecule has 2 N–H and O–H groups in total. The predicted octanol–water partition coefficient (Wildman–Crippen LogP) is 1.53. The van der Waals surface area contributed by atoms with Gasteiger partial charge < -0.3 is 15.4 Å². The second-order valence-corrected chi connectivity index (χ2v) is 7.14. The van der Waals surface area contributed by atoms with E-state index in [0.29, 0.717) is 23.1 Å². The maximum atomic E-state index is 12.3. The van der Waals surface area contributed by atoms with Crippen LogP contribution in [0.5, 0.6) is 5.75 Å². The normalized spacial score (nSPS) is 12.3. The Bertz CT molecular complexity index is 1030. The van der Waals surface area contributed by atoms with Crippen molar-refractivity contribution < 1.29 is 28.7 Å². The fraction of sp³-hybridized carbons (Fsp3) is 0.261. The first-order valence-corrected chi connectivity index (χ1v) is 10.2. The van der Waals surface area contributed by atoms with E-state index in [0.717, 1.165) is 4.90 Å². The lowest BCUT2D eigenvalue weighted by Crippen LogP contribution is -2.35. The summed E-state index contributed by atoms with van der Waals surface area (Å²) >= 11 is 0. The molecule has 0 saturated heterocycles. The molecule has 166 valence electrons. The van der Waals surface area contributed by atoms with Gasteiger partial charge >= 0.3 is 5.97 Å². The second-order valence-electron chi connectivity index (χ2n) is 7.14. The van der Waals surface area contributed by atoms with Crippen molar-refractivity contribution in [3.63, 3.8) is 0 Å². The van der Waals surface area contributed by atoms with Gasteiger partial charge in [0.1, 0.15) is 5.75 Å². The minimum Gasteiger partial charge on any atom is -0.427 e. The van der Waals surface area contributed by atoms with E-state index in [1.165, 1.54) is 13.0 Å². The third kappa shape index (κ3) is 5.57. The van der Waals surface area contributed by atoms with Crippen molar-refractivity contribution in [2.24, 2.45) is 0 Å². The van der Waals surface area contributed by atoms with E-state index in [9.17, 15) is 24.0 Å². The molecule has 1 heterocycles. The fourth-order valence-electron chi connectivity index (χ4n) is 3.28. The third-order valence-electron chi connectivity index (χ3n) is 4.75. The van der Waals surface area contributed by atoms with E-state index in [1.807, 2.05) is 0 Å². The topological polar surface area (TPSA) is 122 Å². The Hall–Kier alpha value is -4.01. The van der Waals surface area contributed by atoms with Crippen LogP contribution >= 0.6 is 0 Å². The van der Waals surface area contributed by atoms with Crippen LogP contribution in [-0.4, -0.2) is 54.1 Å². The number of nitrogens with zero attached hydrogens (tertiary/aromatic N) is 1. The summed E-state index contributed by atoms with van der Waals surface area (Å²) in [4.78, 5) is 60.9. The number of rotatable bonds is 9. The third-order valence-corrected chi connectivity index (χ3v) is 4.75. The molecule has 0 aromatic heterocycles. The quantitative estimate of drug-likeness (QED) is 0.266. The number of nitrogens with one attached hydrogen (secondary N) is 2. The highest BCUT2D eigenvalue weighted by Gasteiger charge is 2.34. The van der Waals surface area contributed by atoms with Crippen LogP contribution in [0.15, 0.2) is 48.5 Å². The monoisotopic (exact) mass is 437 g/mol. The Morgan fingerprint density at radius 1 is 0.906 bits per heavy atom. The van der Waals surface area contributed by atoms with E-state index < -0.39 is 5.97 Å². The number of esters is 1. The molecule has 0 aliphatic carbocycles. The molecule has 0 spiro atoms. The van der Waals surface area contributed by atoms with Gasteiger partial charge in [-0.25, -0.2) is 0 Å². The number of hydrogen-bond donors (Lipinski definition) is 2. The van der Waals surface area contributed by atoms with Gasteiger partial charge in [-0.05, 0) is 36.8 Å². The van der Waals surface area contributed by atoms with Crippen molar-refractivity contribution >= 4 is 29.6 Å². The predicted molar refractivity (Wildman–Crippen MR) is 114 cm³/mol. The summed E-state index contributed by atoms with van der Waals surface area (Å²) in [5, 5.41) is 5.35. The van der Waals surface area contributed by atoms with Crippen LogP contribution in [0.25, 0.3) is 0 Å². The average Bonchev–Trinajstić information content (AvgIpc) is 3.01. The number of carbonyl (C=O) groups is 5. The summed E-state index contributed by atoms with van der Waals surface area (Å²) in [6, 6.07) is 12.8. The summed E-state index contributed by atoms with van der Waals surface area (Å²) in [6.45, 7) is 1.87. The zero-order valence-corrected chi connectivity index (χ0v) is 17.6. The van der Waals surface area contributed by atoms with Gasteiger partial charge in [0.2, 0.25) is 5.91 Å². The number of hydrogen-bond acceptors (Lipinski definition) is 6. The molecule has 1 aliphatic rings. The molecule has 2 aromatic rings. The first-order chi connectivity index (χ1) is 15.4. The highest BCUT2D eigenvalue weighted by molar-refractivity contribution is 6.21. The van der Waals surface area contributed by atoms with Crippen LogP contribution < -0.4 is 15.4 Å². The van der Waals surface area contributed by atoms with E-state index >= 15 is 0 Å². The zero-order chi connectivity index (χ0) is 23.1. The van der Waals surface area contributed by atoms with Gasteiger partial charge in [-0.1, -0.05) is 18.2 Å². The van der Waals surface area contributed by atoms with Crippen molar-refractivity contribution in [2.75, 3.05) is 19.6 Å². The molecule has 0 atom stereocenters. The van der Waals surface area contributed by atoms with Gasteiger partial charge in [-0.15, -0.1) is 0 Å². The Morgan fingerprint density at radius 2 is 1.56 bits per heavy atom. The summed E-state index contributed by atoms with van der Waals surface area (Å²) in [5.74, 6) is -1.49. The van der Waals surface area contributed by atoms with Gasteiger partial charge in [-0.3, -0.25) is 28.9 Å². The zero-order valence-electron chi connectivity index (χ0n) is 17.6. The van der Waals surface area contributed by atoms with Gasteiger partial charge in [0, 0.05) is 38.5 Å². The van der Waals surface area contributed by atoms with E-state index in [1.54, 1.807) is 42.5 Å². The largest absolute Gasteiger partial charge is 0.427 e. The molecule has 0 bridgehead atoms. The lowest BCUT2D eigenvalue weighted by molar-refractivity contribution is -0.131.